The van der Waals surface area contributed by atoms with Crippen LogP contribution in [0.4, 0.5) is 11.4 Å². The van der Waals surface area contributed by atoms with Crippen LogP contribution in [-0.2, 0) is 0 Å². The van der Waals surface area contributed by atoms with Crippen molar-refractivity contribution in [1.82, 2.24) is 5.43 Å². The molecule has 2 N–H and O–H groups in total. The third-order valence-electron chi connectivity index (χ3n) is 8.43. The zero-order chi connectivity index (χ0) is 31.3. The molecule has 1 aliphatic rings. The maximum atomic E-state index is 9.28. The first kappa shape index (κ1) is 28.6. The van der Waals surface area contributed by atoms with Gasteiger partial charge in [-0.05, 0) is 105 Å². The molecule has 0 saturated carbocycles. The van der Waals surface area contributed by atoms with E-state index in [1.54, 1.807) is 0 Å². The normalized spacial score (nSPS) is 12.3. The Labute approximate surface area is 269 Å². The number of para-hydroxylation sites is 1. The molecule has 0 unspecified atom stereocenters. The Balaban J connectivity index is 1.15. The number of benzene rings is 6. The predicted octanol–water partition coefficient (Wildman–Crippen LogP) is 10.6. The molecule has 1 aliphatic carbocycles. The SMILES string of the molecule is N#Cc1cccc(-c2ccc(-c3cccc4cc(-c5ccc(N(NC(=N)C6=CC=CCC6)c6ccccc6)cc5)ccc34)cc2)c1. The molecule has 4 nitrogen and oxygen atoms in total. The number of allylic oxidation sites excluding steroid dienone is 3. The van der Waals surface area contributed by atoms with E-state index in [9.17, 15) is 5.26 Å². The summed E-state index contributed by atoms with van der Waals surface area (Å²) in [6.45, 7) is 0. The minimum absolute atomic E-state index is 0.408. The molecule has 0 spiro atoms. The van der Waals surface area contributed by atoms with Crippen LogP contribution in [0.5, 0.6) is 0 Å². The van der Waals surface area contributed by atoms with Gasteiger partial charge in [-0.25, -0.2) is 0 Å². The molecule has 7 rings (SSSR count). The number of nitriles is 1. The van der Waals surface area contributed by atoms with Crippen molar-refractivity contribution in [3.63, 3.8) is 0 Å². The Morgan fingerprint density at radius 2 is 1.33 bits per heavy atom. The molecule has 0 amide bonds. The largest absolute Gasteiger partial charge is 0.283 e. The van der Waals surface area contributed by atoms with Crippen LogP contribution in [-0.4, -0.2) is 5.84 Å². The fourth-order valence-electron chi connectivity index (χ4n) is 5.98. The first-order valence-corrected chi connectivity index (χ1v) is 15.5. The molecule has 0 aliphatic heterocycles. The zero-order valence-corrected chi connectivity index (χ0v) is 25.3. The van der Waals surface area contributed by atoms with E-state index < -0.39 is 0 Å². The molecular formula is C42H32N4. The fraction of sp³-hybridized carbons (Fsp3) is 0.0476. The maximum Gasteiger partial charge on any atom is 0.140 e. The average molecular weight is 593 g/mol. The molecule has 0 aromatic heterocycles. The number of hydrazine groups is 1. The van der Waals surface area contributed by atoms with Gasteiger partial charge in [0, 0.05) is 0 Å². The van der Waals surface area contributed by atoms with Gasteiger partial charge in [0.1, 0.15) is 5.84 Å². The molecule has 220 valence electrons. The van der Waals surface area contributed by atoms with Gasteiger partial charge >= 0.3 is 0 Å². The van der Waals surface area contributed by atoms with Crippen molar-refractivity contribution in [1.29, 1.82) is 10.7 Å². The van der Waals surface area contributed by atoms with Crippen LogP contribution in [0, 0.1) is 16.7 Å². The quantitative estimate of drug-likeness (QED) is 0.110. The summed E-state index contributed by atoms with van der Waals surface area (Å²) in [5.74, 6) is 0.408. The third kappa shape index (κ3) is 5.95. The summed E-state index contributed by atoms with van der Waals surface area (Å²) in [5.41, 5.74) is 13.7. The van der Waals surface area contributed by atoms with Crippen molar-refractivity contribution in [2.75, 3.05) is 5.01 Å². The van der Waals surface area contributed by atoms with E-state index >= 15 is 0 Å². The Morgan fingerprint density at radius 1 is 0.652 bits per heavy atom. The van der Waals surface area contributed by atoms with Gasteiger partial charge < -0.3 is 0 Å². The van der Waals surface area contributed by atoms with Gasteiger partial charge in [0.05, 0.1) is 23.0 Å². The van der Waals surface area contributed by atoms with Crippen molar-refractivity contribution < 1.29 is 0 Å². The zero-order valence-electron chi connectivity index (χ0n) is 25.3. The summed E-state index contributed by atoms with van der Waals surface area (Å²) >= 11 is 0. The van der Waals surface area contributed by atoms with Crippen LogP contribution in [0.15, 0.2) is 163 Å². The van der Waals surface area contributed by atoms with Crippen LogP contribution in [0.25, 0.3) is 44.2 Å². The highest BCUT2D eigenvalue weighted by atomic mass is 15.5. The van der Waals surface area contributed by atoms with Gasteiger partial charge in [-0.1, -0.05) is 115 Å². The highest BCUT2D eigenvalue weighted by Gasteiger charge is 2.15. The number of anilines is 2. The maximum absolute atomic E-state index is 9.28. The Morgan fingerprint density at radius 3 is 2.07 bits per heavy atom. The van der Waals surface area contributed by atoms with Crippen molar-refractivity contribution in [2.45, 2.75) is 12.8 Å². The Hall–Kier alpha value is -6.18. The molecule has 0 bridgehead atoms. The van der Waals surface area contributed by atoms with E-state index in [0.29, 0.717) is 11.4 Å². The van der Waals surface area contributed by atoms with Crippen molar-refractivity contribution in [2.24, 2.45) is 0 Å². The smallest absolute Gasteiger partial charge is 0.140 e. The summed E-state index contributed by atoms with van der Waals surface area (Å²) in [4.78, 5) is 0. The molecule has 0 fully saturated rings. The van der Waals surface area contributed by atoms with Crippen LogP contribution >= 0.6 is 0 Å². The number of hydrogen-bond donors (Lipinski definition) is 2. The van der Waals surface area contributed by atoms with Crippen molar-refractivity contribution >= 4 is 28.0 Å². The molecule has 0 atom stereocenters. The number of hydrogen-bond acceptors (Lipinski definition) is 3. The molecule has 0 radical (unpaired) electrons. The highest BCUT2D eigenvalue weighted by molar-refractivity contribution is 5.99. The number of nitrogens with one attached hydrogen (secondary N) is 2. The van der Waals surface area contributed by atoms with Crippen LogP contribution < -0.4 is 10.4 Å². The number of nitrogens with zero attached hydrogens (tertiary/aromatic N) is 2. The van der Waals surface area contributed by atoms with Gasteiger partial charge in [0.2, 0.25) is 0 Å². The summed E-state index contributed by atoms with van der Waals surface area (Å²) < 4.78 is 0. The lowest BCUT2D eigenvalue weighted by Crippen LogP contribution is -2.39. The molecule has 46 heavy (non-hydrogen) atoms. The average Bonchev–Trinajstić information content (AvgIpc) is 3.14. The first-order valence-electron chi connectivity index (χ1n) is 15.5. The molecule has 0 saturated heterocycles. The molecule has 0 heterocycles. The molecular weight excluding hydrogens is 560 g/mol. The Bertz CT molecular complexity index is 2130. The Kier molecular flexibility index (Phi) is 7.96. The third-order valence-corrected chi connectivity index (χ3v) is 8.43. The second-order valence-corrected chi connectivity index (χ2v) is 11.4. The summed E-state index contributed by atoms with van der Waals surface area (Å²) in [5, 5.41) is 22.4. The lowest BCUT2D eigenvalue weighted by atomic mass is 9.94. The van der Waals surface area contributed by atoms with Crippen molar-refractivity contribution in [3.8, 4) is 39.4 Å². The van der Waals surface area contributed by atoms with Gasteiger partial charge in [-0.2, -0.15) is 5.26 Å². The van der Waals surface area contributed by atoms with E-state index in [1.807, 2.05) is 71.8 Å². The minimum atomic E-state index is 0.408. The van der Waals surface area contributed by atoms with Crippen LogP contribution in [0.1, 0.15) is 18.4 Å². The van der Waals surface area contributed by atoms with Crippen molar-refractivity contribution in [3.05, 3.63) is 169 Å². The summed E-state index contributed by atoms with van der Waals surface area (Å²) in [6, 6.07) is 50.2. The van der Waals surface area contributed by atoms with Crippen LogP contribution in [0.3, 0.4) is 0 Å². The van der Waals surface area contributed by atoms with E-state index in [1.165, 1.54) is 16.3 Å². The van der Waals surface area contributed by atoms with Crippen LogP contribution in [0.2, 0.25) is 0 Å². The second kappa shape index (κ2) is 12.8. The number of rotatable bonds is 7. The molecule has 6 aromatic carbocycles. The lowest BCUT2D eigenvalue weighted by molar-refractivity contribution is 0.898. The highest BCUT2D eigenvalue weighted by Crippen LogP contribution is 2.34. The predicted molar refractivity (Wildman–Crippen MR) is 191 cm³/mol. The standard InChI is InChI=1S/C42H32N4/c43-29-30-9-7-12-35(27-30)31-17-19-33(20-18-31)40-16-8-13-37-28-36(23-26-41(37)40)32-21-24-39(25-22-32)46(38-14-5-2-6-15-38)45-42(44)34-10-3-1-4-11-34/h1-3,5-10,12-28H,4,11H2,(H2,44,45). The summed E-state index contributed by atoms with van der Waals surface area (Å²) in [7, 11) is 0. The number of fused-ring (bicyclic) bond motifs is 1. The monoisotopic (exact) mass is 592 g/mol. The van der Waals surface area contributed by atoms with Gasteiger partial charge in [0.25, 0.3) is 0 Å². The topological polar surface area (TPSA) is 62.9 Å². The molecule has 4 heteroatoms. The van der Waals surface area contributed by atoms with Gasteiger partial charge in [0.15, 0.2) is 0 Å². The number of amidine groups is 1. The first-order chi connectivity index (χ1) is 22.7. The lowest BCUT2D eigenvalue weighted by Gasteiger charge is -2.28. The van der Waals surface area contributed by atoms with E-state index in [2.05, 4.69) is 103 Å². The van der Waals surface area contributed by atoms with E-state index in [-0.39, 0.29) is 0 Å². The fourth-order valence-corrected chi connectivity index (χ4v) is 5.98. The molecule has 6 aromatic rings. The van der Waals surface area contributed by atoms with Gasteiger partial charge in [-0.3, -0.25) is 15.8 Å². The minimum Gasteiger partial charge on any atom is -0.283 e. The van der Waals surface area contributed by atoms with E-state index in [4.69, 9.17) is 5.41 Å². The second-order valence-electron chi connectivity index (χ2n) is 11.4. The summed E-state index contributed by atoms with van der Waals surface area (Å²) in [6.07, 6.45) is 7.99. The van der Waals surface area contributed by atoms with E-state index in [0.717, 1.165) is 57.6 Å². The van der Waals surface area contributed by atoms with Gasteiger partial charge in [-0.15, -0.1) is 0 Å².